The molecule has 0 unspecified atom stereocenters. The Morgan fingerprint density at radius 3 is 1.86 bits per heavy atom. The van der Waals surface area contributed by atoms with E-state index in [0.717, 1.165) is 0 Å². The molecule has 1 atom stereocenters. The minimum Gasteiger partial charge on any atom is -0.497 e. The molecule has 22 heavy (non-hydrogen) atoms. The summed E-state index contributed by atoms with van der Waals surface area (Å²) in [6.45, 7) is -0.0234. The van der Waals surface area contributed by atoms with Gasteiger partial charge in [-0.25, -0.2) is 9.59 Å². The van der Waals surface area contributed by atoms with Gasteiger partial charge in [0.2, 0.25) is 0 Å². The van der Waals surface area contributed by atoms with Crippen LogP contribution in [0.25, 0.3) is 0 Å². The fourth-order valence-corrected chi connectivity index (χ4v) is 2.35. The Kier molecular flexibility index (Phi) is 6.33. The highest BCUT2D eigenvalue weighted by Crippen LogP contribution is 2.34. The molecule has 7 heteroatoms. The van der Waals surface area contributed by atoms with Gasteiger partial charge in [0.05, 0.1) is 21.3 Å². The van der Waals surface area contributed by atoms with E-state index in [1.54, 1.807) is 24.3 Å². The number of carbonyl (C=O) groups is 2. The van der Waals surface area contributed by atoms with Crippen LogP contribution < -0.4 is 10.5 Å². The summed E-state index contributed by atoms with van der Waals surface area (Å²) in [7, 11) is 5.11. The molecule has 0 aliphatic carbocycles. The van der Waals surface area contributed by atoms with Crippen molar-refractivity contribution in [1.29, 1.82) is 0 Å². The summed E-state index contributed by atoms with van der Waals surface area (Å²) >= 11 is 0. The van der Waals surface area contributed by atoms with Crippen LogP contribution >= 0.6 is 0 Å². The van der Waals surface area contributed by atoms with E-state index >= 15 is 0 Å². The first kappa shape index (κ1) is 17.9. The Morgan fingerprint density at radius 2 is 1.55 bits per heavy atom. The molecule has 1 aromatic rings. The second-order valence-electron chi connectivity index (χ2n) is 4.48. The SMILES string of the molecule is COC(=O)C(OC)(C(=O)OC)[C@@H](CN)c1ccc(OC)cc1. The Balaban J connectivity index is 3.40. The number of esters is 2. The van der Waals surface area contributed by atoms with Gasteiger partial charge in [-0.2, -0.15) is 0 Å². The van der Waals surface area contributed by atoms with Crippen molar-refractivity contribution in [3.8, 4) is 5.75 Å². The molecule has 0 amide bonds. The first-order valence-electron chi connectivity index (χ1n) is 6.57. The minimum absolute atomic E-state index is 0.0234. The summed E-state index contributed by atoms with van der Waals surface area (Å²) < 4.78 is 19.8. The normalized spacial score (nSPS) is 12.4. The Bertz CT molecular complexity index is 497. The average molecular weight is 311 g/mol. The zero-order valence-corrected chi connectivity index (χ0v) is 13.1. The lowest BCUT2D eigenvalue weighted by Gasteiger charge is -2.33. The minimum atomic E-state index is -1.97. The highest BCUT2D eigenvalue weighted by Gasteiger charge is 2.55. The maximum atomic E-state index is 12.2. The van der Waals surface area contributed by atoms with E-state index in [0.29, 0.717) is 11.3 Å². The molecule has 0 aromatic heterocycles. The summed E-state index contributed by atoms with van der Waals surface area (Å²) in [5.74, 6) is -1.87. The third kappa shape index (κ3) is 3.05. The molecule has 122 valence electrons. The second kappa shape index (κ2) is 7.77. The molecule has 0 aliphatic rings. The Morgan fingerprint density at radius 1 is 1.05 bits per heavy atom. The van der Waals surface area contributed by atoms with Crippen LogP contribution in [0.1, 0.15) is 11.5 Å². The summed E-state index contributed by atoms with van der Waals surface area (Å²) in [6.07, 6.45) is 0. The van der Waals surface area contributed by atoms with Gasteiger partial charge in [0.1, 0.15) is 5.75 Å². The van der Waals surface area contributed by atoms with E-state index in [4.69, 9.17) is 24.7 Å². The van der Waals surface area contributed by atoms with Crippen LogP contribution in [0.5, 0.6) is 5.75 Å². The number of ether oxygens (including phenoxy) is 4. The first-order valence-corrected chi connectivity index (χ1v) is 6.57. The smallest absolute Gasteiger partial charge is 0.350 e. The van der Waals surface area contributed by atoms with Crippen LogP contribution in [0.15, 0.2) is 24.3 Å². The van der Waals surface area contributed by atoms with E-state index in [2.05, 4.69) is 0 Å². The van der Waals surface area contributed by atoms with Gasteiger partial charge in [-0.1, -0.05) is 12.1 Å². The maximum Gasteiger partial charge on any atom is 0.350 e. The fraction of sp³-hybridized carbons (Fsp3) is 0.467. The second-order valence-corrected chi connectivity index (χ2v) is 4.48. The van der Waals surface area contributed by atoms with Gasteiger partial charge in [-0.05, 0) is 17.7 Å². The number of methoxy groups -OCH3 is 4. The molecule has 1 rings (SSSR count). The van der Waals surface area contributed by atoms with Crippen LogP contribution in [0, 0.1) is 0 Å². The van der Waals surface area contributed by atoms with E-state index in [1.807, 2.05) is 0 Å². The summed E-state index contributed by atoms with van der Waals surface area (Å²) in [4.78, 5) is 24.5. The van der Waals surface area contributed by atoms with Crippen LogP contribution in [0.4, 0.5) is 0 Å². The predicted molar refractivity (Wildman–Crippen MR) is 78.6 cm³/mol. The molecule has 0 radical (unpaired) electrons. The molecule has 7 nitrogen and oxygen atoms in total. The molecule has 0 aliphatic heterocycles. The molecule has 0 heterocycles. The highest BCUT2D eigenvalue weighted by atomic mass is 16.6. The summed E-state index contributed by atoms with van der Waals surface area (Å²) in [5, 5.41) is 0. The standard InChI is InChI=1S/C15H21NO6/c1-19-11-7-5-10(6-8-11)12(9-16)15(22-4,13(17)20-2)14(18)21-3/h5-8,12H,9,16H2,1-4H3/t12-/m0/s1. The average Bonchev–Trinajstić information content (AvgIpc) is 2.58. The van der Waals surface area contributed by atoms with Crippen LogP contribution in [-0.2, 0) is 23.8 Å². The highest BCUT2D eigenvalue weighted by molar-refractivity contribution is 6.05. The number of rotatable bonds is 7. The van der Waals surface area contributed by atoms with Crippen molar-refractivity contribution >= 4 is 11.9 Å². The van der Waals surface area contributed by atoms with Crippen molar-refractivity contribution in [3.63, 3.8) is 0 Å². The lowest BCUT2D eigenvalue weighted by molar-refractivity contribution is -0.187. The first-order chi connectivity index (χ1) is 10.5. The van der Waals surface area contributed by atoms with E-state index in [-0.39, 0.29) is 6.54 Å². The Hall–Kier alpha value is -2.12. The monoisotopic (exact) mass is 311 g/mol. The van der Waals surface area contributed by atoms with Gasteiger partial charge in [0, 0.05) is 19.6 Å². The third-order valence-electron chi connectivity index (χ3n) is 3.54. The quantitative estimate of drug-likeness (QED) is 0.577. The van der Waals surface area contributed by atoms with E-state index in [1.165, 1.54) is 28.4 Å². The molecule has 1 aromatic carbocycles. The molecule has 0 saturated heterocycles. The van der Waals surface area contributed by atoms with Crippen molar-refractivity contribution in [2.45, 2.75) is 11.5 Å². The molecular weight excluding hydrogens is 290 g/mol. The fourth-order valence-electron chi connectivity index (χ4n) is 2.35. The van der Waals surface area contributed by atoms with Crippen LogP contribution in [-0.4, -0.2) is 52.5 Å². The molecule has 2 N–H and O–H groups in total. The van der Waals surface area contributed by atoms with E-state index < -0.39 is 23.5 Å². The largest absolute Gasteiger partial charge is 0.497 e. The number of hydrogen-bond acceptors (Lipinski definition) is 7. The zero-order valence-electron chi connectivity index (χ0n) is 13.1. The van der Waals surface area contributed by atoms with Crippen molar-refractivity contribution < 1.29 is 28.5 Å². The van der Waals surface area contributed by atoms with E-state index in [9.17, 15) is 9.59 Å². The van der Waals surface area contributed by atoms with Gasteiger partial charge in [0.15, 0.2) is 0 Å². The van der Waals surface area contributed by atoms with Crippen LogP contribution in [0.3, 0.4) is 0 Å². The molecule has 0 spiro atoms. The lowest BCUT2D eigenvalue weighted by Crippen LogP contribution is -2.56. The maximum absolute atomic E-state index is 12.2. The lowest BCUT2D eigenvalue weighted by atomic mass is 9.81. The topological polar surface area (TPSA) is 97.1 Å². The number of nitrogens with two attached hydrogens (primary N) is 1. The summed E-state index contributed by atoms with van der Waals surface area (Å²) in [6, 6.07) is 6.81. The number of carbonyl (C=O) groups excluding carboxylic acids is 2. The van der Waals surface area contributed by atoms with Gasteiger partial charge in [0.25, 0.3) is 5.60 Å². The van der Waals surface area contributed by atoms with Crippen molar-refractivity contribution in [2.24, 2.45) is 5.73 Å². The number of benzene rings is 1. The predicted octanol–water partition coefficient (Wildman–Crippen LogP) is 0.469. The van der Waals surface area contributed by atoms with Crippen molar-refractivity contribution in [2.75, 3.05) is 35.0 Å². The number of hydrogen-bond donors (Lipinski definition) is 1. The van der Waals surface area contributed by atoms with Gasteiger partial charge in [-0.3, -0.25) is 0 Å². The van der Waals surface area contributed by atoms with Gasteiger partial charge < -0.3 is 24.7 Å². The van der Waals surface area contributed by atoms with Crippen molar-refractivity contribution in [3.05, 3.63) is 29.8 Å². The molecule has 0 fully saturated rings. The molecule has 0 saturated carbocycles. The van der Waals surface area contributed by atoms with Crippen LogP contribution in [0.2, 0.25) is 0 Å². The van der Waals surface area contributed by atoms with Crippen molar-refractivity contribution in [1.82, 2.24) is 0 Å². The van der Waals surface area contributed by atoms with Gasteiger partial charge >= 0.3 is 11.9 Å². The Labute approximate surface area is 129 Å². The van der Waals surface area contributed by atoms with Gasteiger partial charge in [-0.15, -0.1) is 0 Å². The molecular formula is C15H21NO6. The zero-order chi connectivity index (χ0) is 16.8. The summed E-state index contributed by atoms with van der Waals surface area (Å²) in [5.41, 5.74) is 4.46. The third-order valence-corrected chi connectivity index (χ3v) is 3.54. The molecule has 0 bridgehead atoms.